The number of sulfonamides is 1. The van der Waals surface area contributed by atoms with Crippen LogP contribution in [-0.2, 0) is 10.0 Å². The zero-order chi connectivity index (χ0) is 22.9. The Balaban J connectivity index is 1.42. The van der Waals surface area contributed by atoms with Crippen LogP contribution in [-0.4, -0.2) is 61.8 Å². The predicted molar refractivity (Wildman–Crippen MR) is 125 cm³/mol. The monoisotopic (exact) mass is 471 g/mol. The SMILES string of the molecule is COc1ccc(-c2nc(C(=O)N3CCN(S(=O)(=O)c4ccc(C)c(C)c4)CC3)cs2)cc1. The molecule has 4 rings (SSSR count). The van der Waals surface area contributed by atoms with E-state index in [2.05, 4.69) is 4.98 Å². The van der Waals surface area contributed by atoms with Gasteiger partial charge in [-0.25, -0.2) is 13.4 Å². The van der Waals surface area contributed by atoms with E-state index in [0.717, 1.165) is 27.4 Å². The number of nitrogens with zero attached hydrogens (tertiary/aromatic N) is 3. The molecule has 1 amide bonds. The summed E-state index contributed by atoms with van der Waals surface area (Å²) >= 11 is 1.41. The first kappa shape index (κ1) is 22.4. The van der Waals surface area contributed by atoms with Crippen molar-refractivity contribution in [3.8, 4) is 16.3 Å². The number of rotatable bonds is 5. The number of benzene rings is 2. The van der Waals surface area contributed by atoms with Crippen LogP contribution in [0.4, 0.5) is 0 Å². The molecular weight excluding hydrogens is 446 g/mol. The van der Waals surface area contributed by atoms with Gasteiger partial charge in [0.15, 0.2) is 0 Å². The van der Waals surface area contributed by atoms with Gasteiger partial charge in [0.05, 0.1) is 12.0 Å². The topological polar surface area (TPSA) is 79.8 Å². The second kappa shape index (κ2) is 9.01. The second-order valence-electron chi connectivity index (χ2n) is 7.71. The first-order chi connectivity index (χ1) is 15.3. The molecule has 2 aromatic carbocycles. The Morgan fingerprint density at radius 1 is 1.00 bits per heavy atom. The minimum absolute atomic E-state index is 0.177. The van der Waals surface area contributed by atoms with E-state index in [0.29, 0.717) is 23.7 Å². The lowest BCUT2D eigenvalue weighted by atomic mass is 10.1. The van der Waals surface area contributed by atoms with Gasteiger partial charge in [0, 0.05) is 37.1 Å². The summed E-state index contributed by atoms with van der Waals surface area (Å²) in [7, 11) is -1.97. The molecule has 3 aromatic rings. The molecule has 0 aliphatic carbocycles. The molecule has 9 heteroatoms. The fourth-order valence-corrected chi connectivity index (χ4v) is 5.86. The molecule has 7 nitrogen and oxygen atoms in total. The fraction of sp³-hybridized carbons (Fsp3) is 0.304. The van der Waals surface area contributed by atoms with Crippen LogP contribution in [0.3, 0.4) is 0 Å². The molecule has 0 spiro atoms. The van der Waals surface area contributed by atoms with Crippen molar-refractivity contribution in [2.24, 2.45) is 0 Å². The standard InChI is InChI=1S/C23H25N3O4S2/c1-16-4-9-20(14-17(16)2)32(28,29)26-12-10-25(11-13-26)23(27)21-15-31-22(24-21)18-5-7-19(30-3)8-6-18/h4-9,14-15H,10-13H2,1-3H3. The quantitative estimate of drug-likeness (QED) is 0.568. The maximum Gasteiger partial charge on any atom is 0.273 e. The zero-order valence-electron chi connectivity index (χ0n) is 18.2. The third-order valence-electron chi connectivity index (χ3n) is 5.70. The van der Waals surface area contributed by atoms with Gasteiger partial charge >= 0.3 is 0 Å². The summed E-state index contributed by atoms with van der Waals surface area (Å²) in [6, 6.07) is 12.7. The van der Waals surface area contributed by atoms with E-state index in [1.165, 1.54) is 15.6 Å². The number of amides is 1. The average molecular weight is 472 g/mol. The smallest absolute Gasteiger partial charge is 0.273 e. The van der Waals surface area contributed by atoms with Crippen LogP contribution in [0.25, 0.3) is 10.6 Å². The van der Waals surface area contributed by atoms with Crippen LogP contribution in [0.5, 0.6) is 5.75 Å². The average Bonchev–Trinajstić information content (AvgIpc) is 3.31. The molecule has 0 unspecified atom stereocenters. The van der Waals surface area contributed by atoms with Gasteiger partial charge in [0.2, 0.25) is 10.0 Å². The number of thiazole rings is 1. The van der Waals surface area contributed by atoms with Crippen LogP contribution in [0.15, 0.2) is 52.7 Å². The van der Waals surface area contributed by atoms with Crippen LogP contribution >= 0.6 is 11.3 Å². The largest absolute Gasteiger partial charge is 0.497 e. The molecular formula is C23H25N3O4S2. The molecule has 2 heterocycles. The summed E-state index contributed by atoms with van der Waals surface area (Å²) in [5.41, 5.74) is 3.29. The van der Waals surface area contributed by atoms with Gasteiger partial charge in [-0.05, 0) is 61.4 Å². The lowest BCUT2D eigenvalue weighted by Crippen LogP contribution is -2.50. The molecule has 1 aromatic heterocycles. The van der Waals surface area contributed by atoms with E-state index >= 15 is 0 Å². The molecule has 0 radical (unpaired) electrons. The third kappa shape index (κ3) is 4.41. The van der Waals surface area contributed by atoms with E-state index in [4.69, 9.17) is 4.74 Å². The summed E-state index contributed by atoms with van der Waals surface area (Å²) in [4.78, 5) is 19.4. The maximum atomic E-state index is 13.0. The maximum absolute atomic E-state index is 13.0. The van der Waals surface area contributed by atoms with E-state index in [1.54, 1.807) is 29.5 Å². The molecule has 0 bridgehead atoms. The van der Waals surface area contributed by atoms with E-state index in [-0.39, 0.29) is 19.0 Å². The Bertz CT molecular complexity index is 1230. The number of methoxy groups -OCH3 is 1. The molecule has 1 saturated heterocycles. The third-order valence-corrected chi connectivity index (χ3v) is 8.49. The molecule has 1 aliphatic heterocycles. The van der Waals surface area contributed by atoms with E-state index in [9.17, 15) is 13.2 Å². The molecule has 168 valence electrons. The van der Waals surface area contributed by atoms with Gasteiger partial charge in [-0.3, -0.25) is 4.79 Å². The van der Waals surface area contributed by atoms with Crippen LogP contribution in [0.1, 0.15) is 21.6 Å². The van der Waals surface area contributed by atoms with Gasteiger partial charge in [-0.2, -0.15) is 4.31 Å². The van der Waals surface area contributed by atoms with Crippen LogP contribution in [0.2, 0.25) is 0 Å². The lowest BCUT2D eigenvalue weighted by Gasteiger charge is -2.33. The van der Waals surface area contributed by atoms with Gasteiger partial charge in [0.25, 0.3) is 5.91 Å². The number of aromatic nitrogens is 1. The highest BCUT2D eigenvalue weighted by atomic mass is 32.2. The van der Waals surface area contributed by atoms with Crippen molar-refractivity contribution >= 4 is 27.3 Å². The van der Waals surface area contributed by atoms with Crippen molar-refractivity contribution in [3.05, 3.63) is 64.7 Å². The van der Waals surface area contributed by atoms with Crippen molar-refractivity contribution in [2.45, 2.75) is 18.7 Å². The number of carbonyl (C=O) groups is 1. The fourth-order valence-electron chi connectivity index (χ4n) is 3.56. The number of hydrogen-bond acceptors (Lipinski definition) is 6. The van der Waals surface area contributed by atoms with Crippen molar-refractivity contribution in [2.75, 3.05) is 33.3 Å². The molecule has 1 aliphatic rings. The highest BCUT2D eigenvalue weighted by molar-refractivity contribution is 7.89. The van der Waals surface area contributed by atoms with Gasteiger partial charge in [0.1, 0.15) is 16.5 Å². The van der Waals surface area contributed by atoms with Gasteiger partial charge in [-0.15, -0.1) is 11.3 Å². The molecule has 0 saturated carbocycles. The minimum atomic E-state index is -3.58. The molecule has 0 atom stereocenters. The normalized spacial score (nSPS) is 15.0. The van der Waals surface area contributed by atoms with E-state index < -0.39 is 10.0 Å². The minimum Gasteiger partial charge on any atom is -0.497 e. The number of piperazine rings is 1. The highest BCUT2D eigenvalue weighted by Crippen LogP contribution is 2.27. The summed E-state index contributed by atoms with van der Waals surface area (Å²) in [5, 5.41) is 2.51. The number of aryl methyl sites for hydroxylation is 2. The first-order valence-electron chi connectivity index (χ1n) is 10.3. The summed E-state index contributed by atoms with van der Waals surface area (Å²) in [6.45, 7) is 5.04. The molecule has 0 N–H and O–H groups in total. The Labute approximate surface area is 192 Å². The summed E-state index contributed by atoms with van der Waals surface area (Å²) in [5.74, 6) is 0.583. The number of hydrogen-bond donors (Lipinski definition) is 0. The lowest BCUT2D eigenvalue weighted by molar-refractivity contribution is 0.0693. The number of ether oxygens (including phenoxy) is 1. The van der Waals surface area contributed by atoms with Crippen LogP contribution < -0.4 is 4.74 Å². The number of carbonyl (C=O) groups excluding carboxylic acids is 1. The first-order valence-corrected chi connectivity index (χ1v) is 12.6. The van der Waals surface area contributed by atoms with Crippen molar-refractivity contribution in [1.29, 1.82) is 0 Å². The van der Waals surface area contributed by atoms with Crippen molar-refractivity contribution in [3.63, 3.8) is 0 Å². The van der Waals surface area contributed by atoms with Gasteiger partial charge in [-0.1, -0.05) is 6.07 Å². The zero-order valence-corrected chi connectivity index (χ0v) is 19.9. The Morgan fingerprint density at radius 3 is 2.31 bits per heavy atom. The molecule has 32 heavy (non-hydrogen) atoms. The second-order valence-corrected chi connectivity index (χ2v) is 10.5. The predicted octanol–water partition coefficient (Wildman–Crippen LogP) is 3.58. The van der Waals surface area contributed by atoms with Crippen molar-refractivity contribution < 1.29 is 17.9 Å². The van der Waals surface area contributed by atoms with Crippen LogP contribution in [0, 0.1) is 13.8 Å². The van der Waals surface area contributed by atoms with E-state index in [1.807, 2.05) is 44.2 Å². The Kier molecular flexibility index (Phi) is 6.32. The van der Waals surface area contributed by atoms with Crippen molar-refractivity contribution in [1.82, 2.24) is 14.2 Å². The van der Waals surface area contributed by atoms with Gasteiger partial charge < -0.3 is 9.64 Å². The summed E-state index contributed by atoms with van der Waals surface area (Å²) in [6.07, 6.45) is 0. The highest BCUT2D eigenvalue weighted by Gasteiger charge is 2.31. The Hall–Kier alpha value is -2.75. The Morgan fingerprint density at radius 2 is 1.69 bits per heavy atom. The summed E-state index contributed by atoms with van der Waals surface area (Å²) < 4.78 is 32.6. The molecule has 1 fully saturated rings.